The zero-order chi connectivity index (χ0) is 22.3. The van der Waals surface area contributed by atoms with Gasteiger partial charge in [-0.2, -0.15) is 10.4 Å². The number of methoxy groups -OCH3 is 1. The van der Waals surface area contributed by atoms with Crippen LogP contribution in [0.1, 0.15) is 21.5 Å². The molecule has 0 aliphatic heterocycles. The maximum Gasteiger partial charge on any atom is 0.203 e. The van der Waals surface area contributed by atoms with Crippen LogP contribution in [0, 0.1) is 11.3 Å². The predicted octanol–water partition coefficient (Wildman–Crippen LogP) is 4.79. The van der Waals surface area contributed by atoms with Crippen LogP contribution in [-0.4, -0.2) is 27.7 Å². The molecule has 0 spiro atoms. The lowest BCUT2D eigenvalue weighted by atomic mass is 10.0. The highest BCUT2D eigenvalue weighted by Gasteiger charge is 2.16. The van der Waals surface area contributed by atoms with Crippen molar-refractivity contribution >= 4 is 11.9 Å². The third kappa shape index (κ3) is 4.63. The molecule has 6 heteroatoms. The van der Waals surface area contributed by atoms with Crippen LogP contribution in [0.15, 0.2) is 90.9 Å². The summed E-state index contributed by atoms with van der Waals surface area (Å²) in [5.41, 5.74) is 3.62. The van der Waals surface area contributed by atoms with E-state index in [1.807, 2.05) is 54.7 Å². The molecule has 2 aromatic heterocycles. The molecule has 2 aromatic carbocycles. The van der Waals surface area contributed by atoms with Crippen LogP contribution in [0.4, 0.5) is 0 Å². The molecule has 0 fully saturated rings. The van der Waals surface area contributed by atoms with Crippen LogP contribution in [0.25, 0.3) is 17.3 Å². The molecule has 0 bridgehead atoms. The summed E-state index contributed by atoms with van der Waals surface area (Å²) < 4.78 is 7.00. The van der Waals surface area contributed by atoms with E-state index in [4.69, 9.17) is 9.84 Å². The Kier molecular flexibility index (Phi) is 6.19. The summed E-state index contributed by atoms with van der Waals surface area (Å²) in [5.74, 6) is 0.180. The normalized spacial score (nSPS) is 11.1. The van der Waals surface area contributed by atoms with Gasteiger partial charge >= 0.3 is 0 Å². The monoisotopic (exact) mass is 420 g/mol. The lowest BCUT2D eigenvalue weighted by molar-refractivity contribution is 0.103. The Balaban J connectivity index is 1.75. The minimum absolute atomic E-state index is 0.0163. The molecule has 0 atom stereocenters. The first-order chi connectivity index (χ1) is 15.7. The Morgan fingerprint density at radius 3 is 2.69 bits per heavy atom. The van der Waals surface area contributed by atoms with Gasteiger partial charge < -0.3 is 4.74 Å². The molecular weight excluding hydrogens is 400 g/mol. The minimum Gasteiger partial charge on any atom is -0.497 e. The molecule has 0 N–H and O–H groups in total. The molecule has 0 aliphatic carbocycles. The van der Waals surface area contributed by atoms with Gasteiger partial charge in [-0.15, -0.1) is 0 Å². The Labute approximate surface area is 186 Å². The van der Waals surface area contributed by atoms with E-state index in [0.29, 0.717) is 29.1 Å². The number of hydrogen-bond donors (Lipinski definition) is 0. The maximum absolute atomic E-state index is 13.0. The zero-order valence-corrected chi connectivity index (χ0v) is 17.5. The molecular formula is C26H20N4O2. The molecule has 0 unspecified atom stereocenters. The van der Waals surface area contributed by atoms with E-state index in [2.05, 4.69) is 4.98 Å². The van der Waals surface area contributed by atoms with Gasteiger partial charge in [0.25, 0.3) is 0 Å². The number of rotatable bonds is 7. The van der Waals surface area contributed by atoms with Crippen molar-refractivity contribution in [1.29, 1.82) is 5.26 Å². The fourth-order valence-electron chi connectivity index (χ4n) is 3.34. The van der Waals surface area contributed by atoms with Gasteiger partial charge in [-0.3, -0.25) is 14.5 Å². The lowest BCUT2D eigenvalue weighted by Crippen LogP contribution is -2.02. The minimum atomic E-state index is -0.376. The topological polar surface area (TPSA) is 80.8 Å². The van der Waals surface area contributed by atoms with Crippen molar-refractivity contribution in [3.63, 3.8) is 0 Å². The summed E-state index contributed by atoms with van der Waals surface area (Å²) in [4.78, 5) is 17.2. The average Bonchev–Trinajstić information content (AvgIpc) is 3.25. The number of hydrogen-bond acceptors (Lipinski definition) is 5. The second-order valence-electron chi connectivity index (χ2n) is 7.09. The predicted molar refractivity (Wildman–Crippen MR) is 122 cm³/mol. The highest BCUT2D eigenvalue weighted by atomic mass is 16.5. The van der Waals surface area contributed by atoms with Crippen LogP contribution in [0.2, 0.25) is 0 Å². The molecule has 6 nitrogen and oxygen atoms in total. The molecule has 0 radical (unpaired) electrons. The standard InChI is InChI=1S/C26H20N4O2/c1-32-24-11-5-9-20(14-24)26(31)22(15-27)13-23-18-30(17-19-7-3-2-4-8-19)29-25(23)21-10-6-12-28-16-21/h2-14,16,18H,17H2,1H3. The summed E-state index contributed by atoms with van der Waals surface area (Å²) in [6.45, 7) is 0.563. The number of ether oxygens (including phenoxy) is 1. The van der Waals surface area contributed by atoms with Crippen LogP contribution < -0.4 is 4.74 Å². The van der Waals surface area contributed by atoms with Crippen molar-refractivity contribution in [3.8, 4) is 23.1 Å². The van der Waals surface area contributed by atoms with Gasteiger partial charge in [-0.1, -0.05) is 42.5 Å². The third-order valence-electron chi connectivity index (χ3n) is 4.91. The van der Waals surface area contributed by atoms with Gasteiger partial charge in [0, 0.05) is 35.3 Å². The molecule has 0 saturated carbocycles. The molecule has 4 aromatic rings. The van der Waals surface area contributed by atoms with Gasteiger partial charge in [0.05, 0.1) is 13.7 Å². The molecule has 2 heterocycles. The van der Waals surface area contributed by atoms with Crippen molar-refractivity contribution in [2.45, 2.75) is 6.54 Å². The van der Waals surface area contributed by atoms with Crippen LogP contribution in [0.3, 0.4) is 0 Å². The second kappa shape index (κ2) is 9.54. The Morgan fingerprint density at radius 1 is 1.12 bits per heavy atom. The molecule has 0 aliphatic rings. The van der Waals surface area contributed by atoms with Crippen molar-refractivity contribution in [2.24, 2.45) is 0 Å². The summed E-state index contributed by atoms with van der Waals surface area (Å²) in [7, 11) is 1.53. The fourth-order valence-corrected chi connectivity index (χ4v) is 3.34. The number of Topliss-reactive ketones (excluding diaryl/α,β-unsaturated/α-hetero) is 1. The van der Waals surface area contributed by atoms with E-state index in [0.717, 1.165) is 11.1 Å². The van der Waals surface area contributed by atoms with E-state index < -0.39 is 0 Å². The Hall–Kier alpha value is -4.50. The summed E-state index contributed by atoms with van der Waals surface area (Å²) >= 11 is 0. The number of allylic oxidation sites excluding steroid dienone is 1. The number of benzene rings is 2. The van der Waals surface area contributed by atoms with E-state index in [-0.39, 0.29) is 11.4 Å². The smallest absolute Gasteiger partial charge is 0.203 e. The Bertz CT molecular complexity index is 1300. The van der Waals surface area contributed by atoms with E-state index >= 15 is 0 Å². The zero-order valence-electron chi connectivity index (χ0n) is 17.5. The van der Waals surface area contributed by atoms with Crippen LogP contribution in [0.5, 0.6) is 5.75 Å². The van der Waals surface area contributed by atoms with Gasteiger partial charge in [-0.25, -0.2) is 0 Å². The van der Waals surface area contributed by atoms with Crippen molar-refractivity contribution in [1.82, 2.24) is 14.8 Å². The summed E-state index contributed by atoms with van der Waals surface area (Å²) in [6.07, 6.45) is 6.82. The quantitative estimate of drug-likeness (QED) is 0.244. The first-order valence-electron chi connectivity index (χ1n) is 10.0. The molecule has 0 saturated heterocycles. The fraction of sp³-hybridized carbons (Fsp3) is 0.0769. The SMILES string of the molecule is COc1cccc(C(=O)C(C#N)=Cc2cn(Cc3ccccc3)nc2-c2cccnc2)c1. The van der Waals surface area contributed by atoms with Crippen LogP contribution in [-0.2, 0) is 6.54 Å². The number of carbonyl (C=O) groups excluding carboxylic acids is 1. The summed E-state index contributed by atoms with van der Waals surface area (Å²) in [5, 5.41) is 14.5. The molecule has 4 rings (SSSR count). The highest BCUT2D eigenvalue weighted by Crippen LogP contribution is 2.25. The molecule has 0 amide bonds. The average molecular weight is 420 g/mol. The third-order valence-corrected chi connectivity index (χ3v) is 4.91. The van der Waals surface area contributed by atoms with Gasteiger partial charge in [0.15, 0.2) is 0 Å². The van der Waals surface area contributed by atoms with Crippen molar-refractivity contribution < 1.29 is 9.53 Å². The number of pyridine rings is 1. The first-order valence-corrected chi connectivity index (χ1v) is 10.0. The largest absolute Gasteiger partial charge is 0.497 e. The van der Waals surface area contributed by atoms with Crippen molar-refractivity contribution in [2.75, 3.05) is 7.11 Å². The lowest BCUT2D eigenvalue weighted by Gasteiger charge is -2.03. The second-order valence-corrected chi connectivity index (χ2v) is 7.09. The number of ketones is 1. The number of carbonyl (C=O) groups is 1. The number of aromatic nitrogens is 3. The number of nitrogens with zero attached hydrogens (tertiary/aromatic N) is 4. The maximum atomic E-state index is 13.0. The van der Waals surface area contributed by atoms with Gasteiger partial charge in [0.1, 0.15) is 23.1 Å². The van der Waals surface area contributed by atoms with E-state index in [1.54, 1.807) is 47.4 Å². The van der Waals surface area contributed by atoms with Crippen molar-refractivity contribution in [3.05, 3.63) is 108 Å². The van der Waals surface area contributed by atoms with Gasteiger partial charge in [-0.05, 0) is 35.9 Å². The summed E-state index contributed by atoms with van der Waals surface area (Å²) in [6, 6.07) is 22.5. The molecule has 156 valence electrons. The van der Waals surface area contributed by atoms with E-state index in [1.165, 1.54) is 7.11 Å². The highest BCUT2D eigenvalue weighted by molar-refractivity contribution is 6.14. The van der Waals surface area contributed by atoms with E-state index in [9.17, 15) is 10.1 Å². The molecule has 32 heavy (non-hydrogen) atoms. The van der Waals surface area contributed by atoms with Crippen LogP contribution >= 0.6 is 0 Å². The Morgan fingerprint density at radius 2 is 1.97 bits per heavy atom. The first kappa shape index (κ1) is 20.8. The van der Waals surface area contributed by atoms with Gasteiger partial charge in [0.2, 0.25) is 5.78 Å². The number of nitriles is 1.